The summed E-state index contributed by atoms with van der Waals surface area (Å²) in [5.74, 6) is -3.58. The molecule has 0 aromatic heterocycles. The largest absolute Gasteiger partial charge is 0.481 e. The second kappa shape index (κ2) is 4.72. The van der Waals surface area contributed by atoms with Gasteiger partial charge in [-0.1, -0.05) is 0 Å². The van der Waals surface area contributed by atoms with Crippen LogP contribution in [0.5, 0.6) is 0 Å². The fourth-order valence-electron chi connectivity index (χ4n) is 1.97. The van der Waals surface area contributed by atoms with Crippen molar-refractivity contribution in [1.29, 1.82) is 0 Å². The lowest BCUT2D eigenvalue weighted by Crippen LogP contribution is -2.43. The Morgan fingerprint density at radius 3 is 2.78 bits per heavy atom. The molecule has 0 saturated carbocycles. The third-order valence-corrected chi connectivity index (χ3v) is 2.96. The molecule has 1 aromatic rings. The van der Waals surface area contributed by atoms with Gasteiger partial charge in [0, 0.05) is 19.0 Å². The van der Waals surface area contributed by atoms with Crippen molar-refractivity contribution >= 4 is 17.6 Å². The van der Waals surface area contributed by atoms with Gasteiger partial charge < -0.3 is 10.0 Å². The van der Waals surface area contributed by atoms with Crippen molar-refractivity contribution in [3.8, 4) is 0 Å². The first kappa shape index (κ1) is 12.5. The maximum absolute atomic E-state index is 13.5. The number of aliphatic carboxylic acids is 1. The molecule has 96 valence electrons. The smallest absolute Gasteiger partial charge is 0.308 e. The maximum Gasteiger partial charge on any atom is 0.308 e. The number of rotatable bonds is 2. The number of amides is 1. The normalized spacial score (nSPS) is 20.0. The average Bonchev–Trinajstić information content (AvgIpc) is 2.33. The van der Waals surface area contributed by atoms with Crippen LogP contribution in [0.15, 0.2) is 18.2 Å². The zero-order valence-corrected chi connectivity index (χ0v) is 9.40. The number of carbonyl (C=O) groups is 2. The van der Waals surface area contributed by atoms with E-state index < -0.39 is 29.4 Å². The second-order valence-corrected chi connectivity index (χ2v) is 4.17. The Kier molecular flexibility index (Phi) is 3.27. The van der Waals surface area contributed by atoms with E-state index in [1.165, 1.54) is 0 Å². The Bertz CT molecular complexity index is 504. The molecular formula is C12H11F2NO3. The van der Waals surface area contributed by atoms with Gasteiger partial charge in [0.1, 0.15) is 11.6 Å². The first-order valence-electron chi connectivity index (χ1n) is 5.47. The van der Waals surface area contributed by atoms with E-state index in [9.17, 15) is 18.4 Å². The highest BCUT2D eigenvalue weighted by Crippen LogP contribution is 2.27. The summed E-state index contributed by atoms with van der Waals surface area (Å²) in [7, 11) is 0. The SMILES string of the molecule is O=C(O)C1CCC(=O)N(c2cc(F)ccc2F)C1. The number of carbonyl (C=O) groups excluding carboxylic acids is 1. The quantitative estimate of drug-likeness (QED) is 0.876. The minimum atomic E-state index is -1.04. The molecule has 1 N–H and O–H groups in total. The monoisotopic (exact) mass is 255 g/mol. The van der Waals surface area contributed by atoms with Crippen LogP contribution in [0.4, 0.5) is 14.5 Å². The molecule has 1 fully saturated rings. The van der Waals surface area contributed by atoms with Gasteiger partial charge in [0.05, 0.1) is 11.6 Å². The van der Waals surface area contributed by atoms with Gasteiger partial charge in [0.15, 0.2) is 0 Å². The highest BCUT2D eigenvalue weighted by Gasteiger charge is 2.32. The summed E-state index contributed by atoms with van der Waals surface area (Å²) in [4.78, 5) is 23.6. The van der Waals surface area contributed by atoms with Crippen LogP contribution < -0.4 is 4.90 Å². The molecule has 0 aliphatic carbocycles. The predicted octanol–water partition coefficient (Wildman–Crippen LogP) is 1.79. The van der Waals surface area contributed by atoms with E-state index in [0.717, 1.165) is 23.1 Å². The van der Waals surface area contributed by atoms with E-state index in [1.807, 2.05) is 0 Å². The summed E-state index contributed by atoms with van der Waals surface area (Å²) in [5, 5.41) is 8.91. The van der Waals surface area contributed by atoms with Crippen LogP contribution >= 0.6 is 0 Å². The van der Waals surface area contributed by atoms with Crippen LogP contribution in [0.2, 0.25) is 0 Å². The van der Waals surface area contributed by atoms with E-state index in [-0.39, 0.29) is 25.1 Å². The zero-order chi connectivity index (χ0) is 13.3. The zero-order valence-electron chi connectivity index (χ0n) is 9.40. The fourth-order valence-corrected chi connectivity index (χ4v) is 1.97. The lowest BCUT2D eigenvalue weighted by Gasteiger charge is -2.30. The van der Waals surface area contributed by atoms with E-state index in [4.69, 9.17) is 5.11 Å². The van der Waals surface area contributed by atoms with Crippen molar-refractivity contribution in [2.75, 3.05) is 11.4 Å². The Balaban J connectivity index is 2.32. The Labute approximate surface area is 102 Å². The van der Waals surface area contributed by atoms with Crippen LogP contribution in [-0.4, -0.2) is 23.5 Å². The Morgan fingerprint density at radius 1 is 1.39 bits per heavy atom. The minimum absolute atomic E-state index is 0.0208. The van der Waals surface area contributed by atoms with Gasteiger partial charge in [-0.2, -0.15) is 0 Å². The number of hydrogen-bond donors (Lipinski definition) is 1. The third-order valence-electron chi connectivity index (χ3n) is 2.96. The van der Waals surface area contributed by atoms with Crippen LogP contribution in [0.3, 0.4) is 0 Å². The first-order chi connectivity index (χ1) is 8.49. The molecule has 0 spiro atoms. The summed E-state index contributed by atoms with van der Waals surface area (Å²) in [6.07, 6.45) is 0.245. The number of nitrogens with zero attached hydrogens (tertiary/aromatic N) is 1. The van der Waals surface area contributed by atoms with Gasteiger partial charge >= 0.3 is 5.97 Å². The molecule has 1 unspecified atom stereocenters. The number of halogens is 2. The van der Waals surface area contributed by atoms with Crippen molar-refractivity contribution in [2.45, 2.75) is 12.8 Å². The molecule has 1 aliphatic heterocycles. The van der Waals surface area contributed by atoms with Gasteiger partial charge in [0.25, 0.3) is 0 Å². The molecule has 1 heterocycles. The van der Waals surface area contributed by atoms with Crippen molar-refractivity contribution in [1.82, 2.24) is 0 Å². The van der Waals surface area contributed by atoms with Crippen molar-refractivity contribution in [3.63, 3.8) is 0 Å². The fraction of sp³-hybridized carbons (Fsp3) is 0.333. The highest BCUT2D eigenvalue weighted by atomic mass is 19.1. The molecule has 4 nitrogen and oxygen atoms in total. The number of carboxylic acid groups (broad SMARTS) is 1. The topological polar surface area (TPSA) is 57.6 Å². The summed E-state index contributed by atoms with van der Waals surface area (Å²) in [6, 6.07) is 2.77. The summed E-state index contributed by atoms with van der Waals surface area (Å²) in [6.45, 7) is -0.130. The molecular weight excluding hydrogens is 244 g/mol. The van der Waals surface area contributed by atoms with Crippen LogP contribution in [0.1, 0.15) is 12.8 Å². The average molecular weight is 255 g/mol. The van der Waals surface area contributed by atoms with Crippen molar-refractivity contribution in [3.05, 3.63) is 29.8 Å². The first-order valence-corrected chi connectivity index (χ1v) is 5.47. The lowest BCUT2D eigenvalue weighted by molar-refractivity contribution is -0.142. The standard InChI is InChI=1S/C12H11F2NO3/c13-8-2-3-9(14)10(5-8)15-6-7(12(17)18)1-4-11(15)16/h2-3,5,7H,1,4,6H2,(H,17,18). The number of anilines is 1. The highest BCUT2D eigenvalue weighted by molar-refractivity contribution is 5.95. The van der Waals surface area contributed by atoms with Gasteiger partial charge in [-0.3, -0.25) is 9.59 Å². The predicted molar refractivity (Wildman–Crippen MR) is 59.1 cm³/mol. The van der Waals surface area contributed by atoms with E-state index in [1.54, 1.807) is 0 Å². The van der Waals surface area contributed by atoms with E-state index >= 15 is 0 Å². The molecule has 1 amide bonds. The minimum Gasteiger partial charge on any atom is -0.481 e. The van der Waals surface area contributed by atoms with E-state index in [0.29, 0.717) is 0 Å². The van der Waals surface area contributed by atoms with Gasteiger partial charge in [-0.15, -0.1) is 0 Å². The molecule has 1 aliphatic rings. The summed E-state index contributed by atoms with van der Waals surface area (Å²) < 4.78 is 26.6. The molecule has 1 aromatic carbocycles. The van der Waals surface area contributed by atoms with Crippen LogP contribution in [0.25, 0.3) is 0 Å². The van der Waals surface area contributed by atoms with Gasteiger partial charge in [0.2, 0.25) is 5.91 Å². The Hall–Kier alpha value is -1.98. The van der Waals surface area contributed by atoms with Crippen molar-refractivity contribution in [2.24, 2.45) is 5.92 Å². The molecule has 18 heavy (non-hydrogen) atoms. The maximum atomic E-state index is 13.5. The molecule has 6 heteroatoms. The molecule has 1 atom stereocenters. The molecule has 0 bridgehead atoms. The van der Waals surface area contributed by atoms with Crippen LogP contribution in [-0.2, 0) is 9.59 Å². The van der Waals surface area contributed by atoms with Gasteiger partial charge in [-0.25, -0.2) is 8.78 Å². The van der Waals surface area contributed by atoms with Gasteiger partial charge in [-0.05, 0) is 18.6 Å². The number of benzene rings is 1. The summed E-state index contributed by atoms with van der Waals surface area (Å²) >= 11 is 0. The molecule has 0 radical (unpaired) electrons. The third kappa shape index (κ3) is 2.32. The molecule has 1 saturated heterocycles. The van der Waals surface area contributed by atoms with E-state index in [2.05, 4.69) is 0 Å². The number of carboxylic acids is 1. The number of piperidine rings is 1. The molecule has 2 rings (SSSR count). The lowest BCUT2D eigenvalue weighted by atomic mass is 9.97. The van der Waals surface area contributed by atoms with Crippen molar-refractivity contribution < 1.29 is 23.5 Å². The Morgan fingerprint density at radius 2 is 2.11 bits per heavy atom. The van der Waals surface area contributed by atoms with Crippen LogP contribution in [0, 0.1) is 17.6 Å². The second-order valence-electron chi connectivity index (χ2n) is 4.17. The summed E-state index contributed by atoms with van der Waals surface area (Å²) in [5.41, 5.74) is -0.203. The number of hydrogen-bond acceptors (Lipinski definition) is 2.